The first kappa shape index (κ1) is 15.3. The number of aliphatic carboxylic acids is 1. The minimum atomic E-state index is -0.744. The maximum absolute atomic E-state index is 12.2. The average Bonchev–Trinajstić information content (AvgIpc) is 2.87. The number of nitrogens with one attached hydrogen (secondary N) is 1. The predicted octanol–water partition coefficient (Wildman–Crippen LogP) is 2.83. The first-order valence-corrected chi connectivity index (χ1v) is 7.84. The number of amides is 1. The summed E-state index contributed by atoms with van der Waals surface area (Å²) in [5.41, 5.74) is 1.73. The number of rotatable bonds is 4. The van der Waals surface area contributed by atoms with Gasteiger partial charge in [-0.15, -0.1) is 0 Å². The molecule has 20 heavy (non-hydrogen) atoms. The molecule has 1 fully saturated rings. The molecule has 2 atom stereocenters. The first-order valence-electron chi connectivity index (χ1n) is 6.77. The third kappa shape index (κ3) is 3.31. The summed E-state index contributed by atoms with van der Waals surface area (Å²) in [5, 5.41) is 12.0. The molecule has 1 saturated carbocycles. The molecule has 1 aliphatic carbocycles. The fourth-order valence-corrected chi connectivity index (χ4v) is 3.35. The van der Waals surface area contributed by atoms with Crippen LogP contribution >= 0.6 is 22.6 Å². The molecule has 0 aromatic heterocycles. The van der Waals surface area contributed by atoms with Gasteiger partial charge in [-0.05, 0) is 59.9 Å². The van der Waals surface area contributed by atoms with Crippen LogP contribution in [-0.4, -0.2) is 23.5 Å². The van der Waals surface area contributed by atoms with E-state index in [1.54, 1.807) is 6.07 Å². The van der Waals surface area contributed by atoms with Crippen LogP contribution in [0, 0.1) is 22.3 Å². The average molecular weight is 387 g/mol. The summed E-state index contributed by atoms with van der Waals surface area (Å²) in [7, 11) is 0. The number of aryl methyl sites for hydroxylation is 1. The van der Waals surface area contributed by atoms with Crippen molar-refractivity contribution in [2.45, 2.75) is 26.2 Å². The minimum Gasteiger partial charge on any atom is -0.481 e. The highest BCUT2D eigenvalue weighted by Crippen LogP contribution is 2.31. The van der Waals surface area contributed by atoms with E-state index >= 15 is 0 Å². The second kappa shape index (κ2) is 6.56. The van der Waals surface area contributed by atoms with Crippen LogP contribution in [0.4, 0.5) is 0 Å². The van der Waals surface area contributed by atoms with Crippen molar-refractivity contribution in [3.05, 3.63) is 32.9 Å². The molecule has 0 radical (unpaired) electrons. The van der Waals surface area contributed by atoms with Crippen molar-refractivity contribution < 1.29 is 14.7 Å². The van der Waals surface area contributed by atoms with Crippen LogP contribution in [-0.2, 0) is 4.79 Å². The van der Waals surface area contributed by atoms with Gasteiger partial charge in [-0.3, -0.25) is 9.59 Å². The number of carbonyl (C=O) groups excluding carboxylic acids is 1. The van der Waals surface area contributed by atoms with Crippen LogP contribution in [0.15, 0.2) is 18.2 Å². The van der Waals surface area contributed by atoms with Crippen molar-refractivity contribution in [1.29, 1.82) is 0 Å². The molecule has 1 aromatic carbocycles. The Morgan fingerprint density at radius 3 is 2.85 bits per heavy atom. The maximum atomic E-state index is 12.2. The number of carbonyl (C=O) groups is 2. The minimum absolute atomic E-state index is 0.0546. The standard InChI is InChI=1S/C15H18INO3/c1-9-4-2-7-12(13(9)16)14(18)17-8-10-5-3-6-11(10)15(19)20/h2,4,7,10-11H,3,5-6,8H2,1H3,(H,17,18)(H,19,20). The van der Waals surface area contributed by atoms with Gasteiger partial charge >= 0.3 is 5.97 Å². The summed E-state index contributed by atoms with van der Waals surface area (Å²) in [6.45, 7) is 2.41. The molecule has 108 valence electrons. The van der Waals surface area contributed by atoms with Crippen LogP contribution in [0.5, 0.6) is 0 Å². The maximum Gasteiger partial charge on any atom is 0.306 e. The second-order valence-electron chi connectivity index (χ2n) is 5.28. The summed E-state index contributed by atoms with van der Waals surface area (Å²) in [6.07, 6.45) is 2.53. The molecule has 1 aliphatic rings. The van der Waals surface area contributed by atoms with Gasteiger partial charge in [0.25, 0.3) is 5.91 Å². The third-order valence-electron chi connectivity index (χ3n) is 3.94. The highest BCUT2D eigenvalue weighted by atomic mass is 127. The molecule has 0 heterocycles. The highest BCUT2D eigenvalue weighted by Gasteiger charge is 2.32. The van der Waals surface area contributed by atoms with Gasteiger partial charge in [-0.2, -0.15) is 0 Å². The SMILES string of the molecule is Cc1cccc(C(=O)NCC2CCCC2C(=O)O)c1I. The molecule has 0 aliphatic heterocycles. The van der Waals surface area contributed by atoms with Crippen LogP contribution in [0.1, 0.15) is 35.2 Å². The van der Waals surface area contributed by atoms with Crippen molar-refractivity contribution in [2.24, 2.45) is 11.8 Å². The van der Waals surface area contributed by atoms with E-state index in [1.165, 1.54) is 0 Å². The Labute approximate surface area is 132 Å². The zero-order chi connectivity index (χ0) is 14.7. The molecule has 1 aromatic rings. The first-order chi connectivity index (χ1) is 9.50. The zero-order valence-electron chi connectivity index (χ0n) is 11.4. The Hall–Kier alpha value is -1.11. The Morgan fingerprint density at radius 1 is 1.40 bits per heavy atom. The van der Waals surface area contributed by atoms with Crippen LogP contribution < -0.4 is 5.32 Å². The second-order valence-corrected chi connectivity index (χ2v) is 6.36. The monoisotopic (exact) mass is 387 g/mol. The Bertz CT molecular complexity index is 530. The topological polar surface area (TPSA) is 66.4 Å². The van der Waals surface area contributed by atoms with Gasteiger partial charge in [0.2, 0.25) is 0 Å². The molecule has 0 spiro atoms. The molecule has 2 rings (SSSR count). The van der Waals surface area contributed by atoms with E-state index in [0.717, 1.165) is 28.4 Å². The van der Waals surface area contributed by atoms with E-state index < -0.39 is 5.97 Å². The van der Waals surface area contributed by atoms with E-state index in [9.17, 15) is 9.59 Å². The van der Waals surface area contributed by atoms with E-state index in [-0.39, 0.29) is 17.7 Å². The number of hydrogen-bond donors (Lipinski definition) is 2. The lowest BCUT2D eigenvalue weighted by Crippen LogP contribution is -2.33. The van der Waals surface area contributed by atoms with Crippen molar-refractivity contribution in [1.82, 2.24) is 5.32 Å². The Morgan fingerprint density at radius 2 is 2.15 bits per heavy atom. The van der Waals surface area contributed by atoms with Gasteiger partial charge in [-0.1, -0.05) is 18.6 Å². The lowest BCUT2D eigenvalue weighted by atomic mass is 9.96. The number of halogens is 1. The zero-order valence-corrected chi connectivity index (χ0v) is 13.5. The van der Waals surface area contributed by atoms with Crippen molar-refractivity contribution in [2.75, 3.05) is 6.54 Å². The number of benzene rings is 1. The van der Waals surface area contributed by atoms with Crippen LogP contribution in [0.25, 0.3) is 0 Å². The molecule has 5 heteroatoms. The van der Waals surface area contributed by atoms with Gasteiger partial charge in [0.1, 0.15) is 0 Å². The van der Waals surface area contributed by atoms with Crippen LogP contribution in [0.2, 0.25) is 0 Å². The number of carboxylic acid groups (broad SMARTS) is 1. The van der Waals surface area contributed by atoms with Crippen LogP contribution in [0.3, 0.4) is 0 Å². The summed E-state index contributed by atoms with van der Waals surface area (Å²) in [6, 6.07) is 5.63. The van der Waals surface area contributed by atoms with Gasteiger partial charge in [0, 0.05) is 10.1 Å². The fraction of sp³-hybridized carbons (Fsp3) is 0.467. The summed E-state index contributed by atoms with van der Waals surface area (Å²) < 4.78 is 0.948. The largest absolute Gasteiger partial charge is 0.481 e. The van der Waals surface area contributed by atoms with Crippen molar-refractivity contribution in [3.63, 3.8) is 0 Å². The molecule has 2 unspecified atom stereocenters. The molecule has 1 amide bonds. The normalized spacial score (nSPS) is 21.7. The van der Waals surface area contributed by atoms with E-state index in [4.69, 9.17) is 5.11 Å². The quantitative estimate of drug-likeness (QED) is 0.781. The van der Waals surface area contributed by atoms with Crippen molar-refractivity contribution >= 4 is 34.5 Å². The Balaban J connectivity index is 1.99. The van der Waals surface area contributed by atoms with Gasteiger partial charge in [-0.25, -0.2) is 0 Å². The smallest absolute Gasteiger partial charge is 0.306 e. The molecule has 0 bridgehead atoms. The molecule has 0 saturated heterocycles. The molecule has 2 N–H and O–H groups in total. The predicted molar refractivity (Wildman–Crippen MR) is 84.7 cm³/mol. The molecular formula is C15H18INO3. The summed E-state index contributed by atoms with van der Waals surface area (Å²) >= 11 is 2.17. The fourth-order valence-electron chi connectivity index (χ4n) is 2.75. The van der Waals surface area contributed by atoms with E-state index in [2.05, 4.69) is 27.9 Å². The summed E-state index contributed by atoms with van der Waals surface area (Å²) in [5.74, 6) is -1.12. The lowest BCUT2D eigenvalue weighted by molar-refractivity contribution is -0.142. The van der Waals surface area contributed by atoms with E-state index in [0.29, 0.717) is 12.1 Å². The number of carboxylic acids is 1. The Kier molecular flexibility index (Phi) is 5.01. The van der Waals surface area contributed by atoms with E-state index in [1.807, 2.05) is 19.1 Å². The van der Waals surface area contributed by atoms with Gasteiger partial charge < -0.3 is 10.4 Å². The molecule has 4 nitrogen and oxygen atoms in total. The molecular weight excluding hydrogens is 369 g/mol. The highest BCUT2D eigenvalue weighted by molar-refractivity contribution is 14.1. The van der Waals surface area contributed by atoms with Crippen molar-refractivity contribution in [3.8, 4) is 0 Å². The van der Waals surface area contributed by atoms with Gasteiger partial charge in [0.05, 0.1) is 11.5 Å². The van der Waals surface area contributed by atoms with Gasteiger partial charge in [0.15, 0.2) is 0 Å². The third-order valence-corrected chi connectivity index (χ3v) is 5.37. The number of hydrogen-bond acceptors (Lipinski definition) is 2. The lowest BCUT2D eigenvalue weighted by Gasteiger charge is -2.16. The summed E-state index contributed by atoms with van der Waals surface area (Å²) in [4.78, 5) is 23.3.